The predicted octanol–water partition coefficient (Wildman–Crippen LogP) is 2.25. The summed E-state index contributed by atoms with van der Waals surface area (Å²) in [5.41, 5.74) is 2.68. The van der Waals surface area contributed by atoms with Crippen LogP contribution in [-0.4, -0.2) is 30.7 Å². The molecule has 0 radical (unpaired) electrons. The maximum absolute atomic E-state index is 12.5. The van der Waals surface area contributed by atoms with Crippen molar-refractivity contribution >= 4 is 17.2 Å². The van der Waals surface area contributed by atoms with Crippen LogP contribution in [0.1, 0.15) is 33.7 Å². The third-order valence-electron chi connectivity index (χ3n) is 3.97. The fraction of sp³-hybridized carbons (Fsp3) is 0.333. The number of hydrogen-bond acceptors (Lipinski definition) is 6. The van der Waals surface area contributed by atoms with Crippen molar-refractivity contribution in [3.8, 4) is 11.6 Å². The lowest BCUT2D eigenvalue weighted by molar-refractivity contribution is 0.0753. The summed E-state index contributed by atoms with van der Waals surface area (Å²) < 4.78 is 7.10. The van der Waals surface area contributed by atoms with Gasteiger partial charge in [0.25, 0.3) is 11.8 Å². The molecule has 4 rings (SSSR count). The van der Waals surface area contributed by atoms with Crippen LogP contribution in [0.15, 0.2) is 22.0 Å². The highest BCUT2D eigenvalue weighted by atomic mass is 32.1. The van der Waals surface area contributed by atoms with Gasteiger partial charge in [-0.05, 0) is 11.4 Å². The van der Waals surface area contributed by atoms with E-state index in [-0.39, 0.29) is 5.91 Å². The molecule has 0 bridgehead atoms. The van der Waals surface area contributed by atoms with E-state index in [1.54, 1.807) is 4.68 Å². The molecule has 118 valence electrons. The zero-order valence-electron chi connectivity index (χ0n) is 12.8. The summed E-state index contributed by atoms with van der Waals surface area (Å²) in [6.45, 7) is 3.03. The first kappa shape index (κ1) is 14.1. The van der Waals surface area contributed by atoms with E-state index in [4.69, 9.17) is 4.52 Å². The van der Waals surface area contributed by atoms with Crippen molar-refractivity contribution in [2.75, 3.05) is 0 Å². The van der Waals surface area contributed by atoms with Gasteiger partial charge in [-0.3, -0.25) is 9.48 Å². The van der Waals surface area contributed by atoms with Crippen LogP contribution in [0.5, 0.6) is 0 Å². The summed E-state index contributed by atoms with van der Waals surface area (Å²) >= 11 is 1.46. The Morgan fingerprint density at radius 1 is 1.43 bits per heavy atom. The van der Waals surface area contributed by atoms with Crippen molar-refractivity contribution in [3.63, 3.8) is 0 Å². The molecule has 0 spiro atoms. The Bertz CT molecular complexity index is 865. The second kappa shape index (κ2) is 5.31. The van der Waals surface area contributed by atoms with Crippen LogP contribution in [-0.2, 0) is 26.6 Å². The molecule has 0 atom stereocenters. The van der Waals surface area contributed by atoms with Crippen molar-refractivity contribution in [1.82, 2.24) is 24.8 Å². The standard InChI is InChI=1S/C15H15N5O2S/c1-3-12-16-14(22-18-12)13-9-7-20(8-10(9)19(2)17-13)15(21)11-5-4-6-23-11/h4-6H,3,7-8H2,1-2H3. The smallest absolute Gasteiger partial charge is 0.278 e. The highest BCUT2D eigenvalue weighted by Gasteiger charge is 2.32. The molecular weight excluding hydrogens is 314 g/mol. The molecule has 0 aliphatic carbocycles. The zero-order chi connectivity index (χ0) is 16.0. The number of amides is 1. The average Bonchev–Trinajstić information content (AvgIpc) is 3.33. The molecule has 3 aromatic rings. The van der Waals surface area contributed by atoms with Gasteiger partial charge in [-0.2, -0.15) is 10.1 Å². The summed E-state index contributed by atoms with van der Waals surface area (Å²) in [6, 6.07) is 3.74. The molecular formula is C15H15N5O2S. The van der Waals surface area contributed by atoms with Gasteiger partial charge >= 0.3 is 0 Å². The number of hydrogen-bond donors (Lipinski definition) is 0. The van der Waals surface area contributed by atoms with Crippen molar-refractivity contribution in [2.24, 2.45) is 7.05 Å². The lowest BCUT2D eigenvalue weighted by Gasteiger charge is -2.14. The quantitative estimate of drug-likeness (QED) is 0.736. The predicted molar refractivity (Wildman–Crippen MR) is 83.8 cm³/mol. The fourth-order valence-electron chi connectivity index (χ4n) is 2.76. The average molecular weight is 329 g/mol. The number of aromatic nitrogens is 4. The summed E-state index contributed by atoms with van der Waals surface area (Å²) in [5.74, 6) is 1.12. The Hall–Kier alpha value is -2.48. The lowest BCUT2D eigenvalue weighted by Crippen LogP contribution is -2.25. The lowest BCUT2D eigenvalue weighted by atomic mass is 10.2. The van der Waals surface area contributed by atoms with Gasteiger partial charge in [-0.15, -0.1) is 11.3 Å². The first-order valence-corrected chi connectivity index (χ1v) is 8.25. The fourth-order valence-corrected chi connectivity index (χ4v) is 3.45. The normalized spacial score (nSPS) is 13.6. The molecule has 0 saturated carbocycles. The molecule has 8 heteroatoms. The molecule has 1 amide bonds. The number of fused-ring (bicyclic) bond motifs is 1. The molecule has 0 N–H and O–H groups in total. The molecule has 0 saturated heterocycles. The summed E-state index contributed by atoms with van der Waals surface area (Å²) in [4.78, 5) is 19.5. The Morgan fingerprint density at radius 2 is 2.30 bits per heavy atom. The molecule has 23 heavy (non-hydrogen) atoms. The molecule has 1 aliphatic heterocycles. The van der Waals surface area contributed by atoms with Crippen molar-refractivity contribution in [3.05, 3.63) is 39.5 Å². The zero-order valence-corrected chi connectivity index (χ0v) is 13.6. The minimum absolute atomic E-state index is 0.0435. The molecule has 0 unspecified atom stereocenters. The van der Waals surface area contributed by atoms with Crippen LogP contribution in [0.4, 0.5) is 0 Å². The number of rotatable bonds is 3. The van der Waals surface area contributed by atoms with E-state index in [1.807, 2.05) is 36.4 Å². The molecule has 1 aliphatic rings. The SMILES string of the molecule is CCc1noc(-c2nn(C)c3c2CN(C(=O)c2cccs2)C3)n1. The van der Waals surface area contributed by atoms with Crippen molar-refractivity contribution in [2.45, 2.75) is 26.4 Å². The summed E-state index contributed by atoms with van der Waals surface area (Å²) in [6.07, 6.45) is 0.710. The van der Waals surface area contributed by atoms with Gasteiger partial charge in [0.05, 0.1) is 23.7 Å². The van der Waals surface area contributed by atoms with Crippen LogP contribution in [0.2, 0.25) is 0 Å². The highest BCUT2D eigenvalue weighted by Crippen LogP contribution is 2.32. The number of carbonyl (C=O) groups is 1. The van der Waals surface area contributed by atoms with Gasteiger partial charge in [0.1, 0.15) is 0 Å². The minimum Gasteiger partial charge on any atom is -0.332 e. The van der Waals surface area contributed by atoms with E-state index < -0.39 is 0 Å². The van der Waals surface area contributed by atoms with Gasteiger partial charge in [0.2, 0.25) is 0 Å². The van der Waals surface area contributed by atoms with Crippen LogP contribution >= 0.6 is 11.3 Å². The highest BCUT2D eigenvalue weighted by molar-refractivity contribution is 7.12. The second-order valence-electron chi connectivity index (χ2n) is 5.41. The van der Waals surface area contributed by atoms with E-state index in [9.17, 15) is 4.79 Å². The van der Waals surface area contributed by atoms with Crippen molar-refractivity contribution < 1.29 is 9.32 Å². The number of aryl methyl sites for hydroxylation is 2. The molecule has 7 nitrogen and oxygen atoms in total. The van der Waals surface area contributed by atoms with Crippen LogP contribution in [0.25, 0.3) is 11.6 Å². The largest absolute Gasteiger partial charge is 0.332 e. The number of thiophene rings is 1. The van der Waals surface area contributed by atoms with E-state index in [1.165, 1.54) is 11.3 Å². The maximum atomic E-state index is 12.5. The molecule has 3 aromatic heterocycles. The number of nitrogens with zero attached hydrogens (tertiary/aromatic N) is 5. The third kappa shape index (κ3) is 2.26. The minimum atomic E-state index is 0.0435. The monoisotopic (exact) mass is 329 g/mol. The molecule has 0 aromatic carbocycles. The summed E-state index contributed by atoms with van der Waals surface area (Å²) in [5, 5.41) is 10.3. The first-order chi connectivity index (χ1) is 11.2. The van der Waals surface area contributed by atoms with Gasteiger partial charge in [0, 0.05) is 19.0 Å². The number of carbonyl (C=O) groups excluding carboxylic acids is 1. The summed E-state index contributed by atoms with van der Waals surface area (Å²) in [7, 11) is 1.87. The van der Waals surface area contributed by atoms with Crippen molar-refractivity contribution in [1.29, 1.82) is 0 Å². The van der Waals surface area contributed by atoms with E-state index >= 15 is 0 Å². The Morgan fingerprint density at radius 3 is 3.00 bits per heavy atom. The van der Waals surface area contributed by atoms with Crippen LogP contribution in [0.3, 0.4) is 0 Å². The van der Waals surface area contributed by atoms with Gasteiger partial charge in [-0.25, -0.2) is 0 Å². The Kier molecular flexibility index (Phi) is 3.26. The van der Waals surface area contributed by atoms with Gasteiger partial charge in [0.15, 0.2) is 11.5 Å². The third-order valence-corrected chi connectivity index (χ3v) is 4.83. The second-order valence-corrected chi connectivity index (χ2v) is 6.35. The topological polar surface area (TPSA) is 77.0 Å². The molecule has 0 fully saturated rings. The van der Waals surface area contributed by atoms with Gasteiger partial charge in [-0.1, -0.05) is 18.1 Å². The molecule has 4 heterocycles. The van der Waals surface area contributed by atoms with Gasteiger partial charge < -0.3 is 9.42 Å². The van der Waals surface area contributed by atoms with E-state index in [0.29, 0.717) is 36.9 Å². The maximum Gasteiger partial charge on any atom is 0.278 e. The van der Waals surface area contributed by atoms with E-state index in [2.05, 4.69) is 15.2 Å². The Labute approximate surface area is 136 Å². The Balaban J connectivity index is 1.66. The van der Waals surface area contributed by atoms with Crippen LogP contribution in [0, 0.1) is 0 Å². The first-order valence-electron chi connectivity index (χ1n) is 7.38. The van der Waals surface area contributed by atoms with E-state index in [0.717, 1.165) is 16.1 Å². The van der Waals surface area contributed by atoms with Crippen LogP contribution < -0.4 is 0 Å².